The number of hydroxylamine groups is 1. The number of pyridine rings is 1. The first-order valence-electron chi connectivity index (χ1n) is 4.83. The van der Waals surface area contributed by atoms with Gasteiger partial charge in [0.2, 0.25) is 0 Å². The number of hydrogen-bond acceptors (Lipinski definition) is 4. The van der Waals surface area contributed by atoms with E-state index in [1.807, 2.05) is 0 Å². The molecule has 17 heavy (non-hydrogen) atoms. The summed E-state index contributed by atoms with van der Waals surface area (Å²) in [7, 11) is 1.51. The van der Waals surface area contributed by atoms with Gasteiger partial charge in [-0.05, 0) is 6.92 Å². The van der Waals surface area contributed by atoms with Crippen molar-refractivity contribution in [1.82, 2.24) is 10.5 Å². The van der Waals surface area contributed by atoms with Gasteiger partial charge < -0.3 is 4.74 Å². The number of aromatic nitrogens is 1. The summed E-state index contributed by atoms with van der Waals surface area (Å²) in [5.41, 5.74) is 3.46. The minimum Gasteiger partial charge on any atom is -0.497 e. The molecule has 0 aromatic carbocycles. The third kappa shape index (κ3) is 5.50. The zero-order chi connectivity index (χ0) is 12.9. The summed E-state index contributed by atoms with van der Waals surface area (Å²) in [6.45, 7) is 0.507. The molecule has 96 valence electrons. The molecule has 4 nitrogen and oxygen atoms in total. The summed E-state index contributed by atoms with van der Waals surface area (Å²) in [6.07, 6.45) is -4.34. The second kappa shape index (κ2) is 5.83. The highest BCUT2D eigenvalue weighted by molar-refractivity contribution is 5.26. The van der Waals surface area contributed by atoms with E-state index in [-0.39, 0.29) is 6.54 Å². The molecule has 0 saturated heterocycles. The number of hydrogen-bond donors (Lipinski definition) is 1. The average Bonchev–Trinajstić information content (AvgIpc) is 2.22. The van der Waals surface area contributed by atoms with Gasteiger partial charge in [-0.1, -0.05) is 0 Å². The highest BCUT2D eigenvalue weighted by atomic mass is 19.4. The standard InChI is InChI=1S/C10H13F3N2O2/c1-7-3-9(16-2)4-8(15-7)5-14-17-6-10(11,12)13/h3-4,14H,5-6H2,1-2H3. The van der Waals surface area contributed by atoms with Crippen molar-refractivity contribution in [3.63, 3.8) is 0 Å². The molecule has 7 heteroatoms. The smallest absolute Gasteiger partial charge is 0.413 e. The molecule has 0 aliphatic carbocycles. The Morgan fingerprint density at radius 1 is 1.35 bits per heavy atom. The topological polar surface area (TPSA) is 43.4 Å². The van der Waals surface area contributed by atoms with Crippen LogP contribution < -0.4 is 10.2 Å². The number of methoxy groups -OCH3 is 1. The Morgan fingerprint density at radius 3 is 2.65 bits per heavy atom. The maximum Gasteiger partial charge on any atom is 0.413 e. The molecule has 0 atom stereocenters. The van der Waals surface area contributed by atoms with Crippen molar-refractivity contribution in [2.45, 2.75) is 19.6 Å². The molecule has 1 aromatic heterocycles. The van der Waals surface area contributed by atoms with Crippen LogP contribution >= 0.6 is 0 Å². The van der Waals surface area contributed by atoms with Crippen LogP contribution in [0.15, 0.2) is 12.1 Å². The van der Waals surface area contributed by atoms with Crippen LogP contribution in [0.2, 0.25) is 0 Å². The van der Waals surface area contributed by atoms with Gasteiger partial charge in [-0.15, -0.1) is 0 Å². The van der Waals surface area contributed by atoms with E-state index in [9.17, 15) is 13.2 Å². The van der Waals surface area contributed by atoms with Crippen molar-refractivity contribution in [2.75, 3.05) is 13.7 Å². The normalized spacial score (nSPS) is 11.6. The molecule has 1 rings (SSSR count). The monoisotopic (exact) mass is 250 g/mol. The number of nitrogens with zero attached hydrogens (tertiary/aromatic N) is 1. The van der Waals surface area contributed by atoms with E-state index in [2.05, 4.69) is 15.3 Å². The first-order chi connectivity index (χ1) is 7.90. The lowest BCUT2D eigenvalue weighted by molar-refractivity contribution is -0.190. The van der Waals surface area contributed by atoms with Gasteiger partial charge in [0.25, 0.3) is 0 Å². The van der Waals surface area contributed by atoms with E-state index in [0.717, 1.165) is 5.69 Å². The van der Waals surface area contributed by atoms with Gasteiger partial charge in [0.15, 0.2) is 6.61 Å². The van der Waals surface area contributed by atoms with E-state index in [0.29, 0.717) is 11.4 Å². The van der Waals surface area contributed by atoms with Gasteiger partial charge in [-0.25, -0.2) is 0 Å². The predicted octanol–water partition coefficient (Wildman–Crippen LogP) is 1.98. The molecule has 1 heterocycles. The fraction of sp³-hybridized carbons (Fsp3) is 0.500. The second-order valence-corrected chi connectivity index (χ2v) is 3.36. The Labute approximate surface area is 96.7 Å². The molecule has 1 N–H and O–H groups in total. The van der Waals surface area contributed by atoms with Crippen LogP contribution in [0, 0.1) is 6.92 Å². The van der Waals surface area contributed by atoms with Crippen molar-refractivity contribution in [3.05, 3.63) is 23.5 Å². The Kier molecular flexibility index (Phi) is 4.71. The molecule has 0 saturated carbocycles. The van der Waals surface area contributed by atoms with Crippen LogP contribution in [0.25, 0.3) is 0 Å². The van der Waals surface area contributed by atoms with E-state index in [1.54, 1.807) is 19.1 Å². The number of alkyl halides is 3. The number of rotatable bonds is 5. The summed E-state index contributed by atoms with van der Waals surface area (Å²) < 4.78 is 40.3. The molecule has 0 unspecified atom stereocenters. The van der Waals surface area contributed by atoms with E-state index < -0.39 is 12.8 Å². The Balaban J connectivity index is 2.44. The minimum absolute atomic E-state index is 0.0775. The largest absolute Gasteiger partial charge is 0.497 e. The van der Waals surface area contributed by atoms with E-state index in [4.69, 9.17) is 4.74 Å². The van der Waals surface area contributed by atoms with Gasteiger partial charge >= 0.3 is 6.18 Å². The summed E-state index contributed by atoms with van der Waals surface area (Å²) in [6, 6.07) is 3.34. The first-order valence-corrected chi connectivity index (χ1v) is 4.83. The fourth-order valence-corrected chi connectivity index (χ4v) is 1.17. The van der Waals surface area contributed by atoms with Crippen LogP contribution in [-0.4, -0.2) is 24.9 Å². The lowest BCUT2D eigenvalue weighted by Crippen LogP contribution is -2.24. The maximum atomic E-state index is 11.8. The zero-order valence-corrected chi connectivity index (χ0v) is 9.47. The van der Waals surface area contributed by atoms with Gasteiger partial charge in [0.05, 0.1) is 19.3 Å². The van der Waals surface area contributed by atoms with Gasteiger partial charge in [0, 0.05) is 17.8 Å². The van der Waals surface area contributed by atoms with Gasteiger partial charge in [0.1, 0.15) is 5.75 Å². The van der Waals surface area contributed by atoms with Crippen LogP contribution in [0.3, 0.4) is 0 Å². The molecule has 0 fully saturated rings. The van der Waals surface area contributed by atoms with Crippen LogP contribution in [0.1, 0.15) is 11.4 Å². The average molecular weight is 250 g/mol. The Hall–Kier alpha value is -1.34. The maximum absolute atomic E-state index is 11.8. The summed E-state index contributed by atoms with van der Waals surface area (Å²) in [4.78, 5) is 8.37. The Morgan fingerprint density at radius 2 is 2.06 bits per heavy atom. The SMILES string of the molecule is COc1cc(C)nc(CNOCC(F)(F)F)c1. The molecule has 0 aliphatic rings. The third-order valence-electron chi connectivity index (χ3n) is 1.81. The first kappa shape index (κ1) is 13.7. The molecule has 0 radical (unpaired) electrons. The van der Waals surface area contributed by atoms with Gasteiger partial charge in [-0.3, -0.25) is 9.82 Å². The van der Waals surface area contributed by atoms with Crippen molar-refractivity contribution in [2.24, 2.45) is 0 Å². The lowest BCUT2D eigenvalue weighted by atomic mass is 10.3. The summed E-state index contributed by atoms with van der Waals surface area (Å²) in [5.74, 6) is 0.602. The molecule has 0 amide bonds. The van der Waals surface area contributed by atoms with Crippen LogP contribution in [-0.2, 0) is 11.4 Å². The molecule has 0 bridgehead atoms. The number of ether oxygens (including phenoxy) is 1. The second-order valence-electron chi connectivity index (χ2n) is 3.36. The molecule has 0 aliphatic heterocycles. The van der Waals surface area contributed by atoms with E-state index >= 15 is 0 Å². The number of nitrogens with one attached hydrogen (secondary N) is 1. The number of aryl methyl sites for hydroxylation is 1. The molecule has 0 spiro atoms. The van der Waals surface area contributed by atoms with Crippen molar-refractivity contribution >= 4 is 0 Å². The predicted molar refractivity (Wildman–Crippen MR) is 54.4 cm³/mol. The van der Waals surface area contributed by atoms with Crippen LogP contribution in [0.5, 0.6) is 5.75 Å². The van der Waals surface area contributed by atoms with Gasteiger partial charge in [-0.2, -0.15) is 18.7 Å². The summed E-state index contributed by atoms with van der Waals surface area (Å²) >= 11 is 0. The van der Waals surface area contributed by atoms with Crippen molar-refractivity contribution < 1.29 is 22.7 Å². The lowest BCUT2D eigenvalue weighted by Gasteiger charge is -2.09. The fourth-order valence-electron chi connectivity index (χ4n) is 1.17. The molecular formula is C10H13F3N2O2. The van der Waals surface area contributed by atoms with Crippen molar-refractivity contribution in [3.8, 4) is 5.75 Å². The number of halogens is 3. The van der Waals surface area contributed by atoms with Crippen molar-refractivity contribution in [1.29, 1.82) is 0 Å². The third-order valence-corrected chi connectivity index (χ3v) is 1.81. The molecular weight excluding hydrogens is 237 g/mol. The highest BCUT2D eigenvalue weighted by Crippen LogP contribution is 2.15. The summed E-state index contributed by atoms with van der Waals surface area (Å²) in [5, 5.41) is 0. The quantitative estimate of drug-likeness (QED) is 0.641. The molecule has 1 aromatic rings. The zero-order valence-electron chi connectivity index (χ0n) is 9.47. The Bertz CT molecular complexity index is 369. The minimum atomic E-state index is -4.34. The highest BCUT2D eigenvalue weighted by Gasteiger charge is 2.27. The van der Waals surface area contributed by atoms with E-state index in [1.165, 1.54) is 7.11 Å². The van der Waals surface area contributed by atoms with Crippen LogP contribution in [0.4, 0.5) is 13.2 Å².